The molecule has 0 saturated heterocycles. The average molecular weight is 323 g/mol. The Morgan fingerprint density at radius 1 is 1.41 bits per heavy atom. The van der Waals surface area contributed by atoms with Crippen molar-refractivity contribution in [1.29, 1.82) is 0 Å². The lowest BCUT2D eigenvalue weighted by Crippen LogP contribution is -2.35. The maximum absolute atomic E-state index is 11.8. The van der Waals surface area contributed by atoms with E-state index in [4.69, 9.17) is 4.52 Å². The van der Waals surface area contributed by atoms with Crippen molar-refractivity contribution in [2.75, 3.05) is 32.1 Å². The monoisotopic (exact) mass is 323 g/mol. The molecular formula is C15H21N3O3S. The average Bonchev–Trinajstić information content (AvgIpc) is 2.87. The van der Waals surface area contributed by atoms with Gasteiger partial charge >= 0.3 is 5.76 Å². The van der Waals surface area contributed by atoms with Gasteiger partial charge in [-0.15, -0.1) is 0 Å². The third-order valence-corrected chi connectivity index (χ3v) is 3.90. The third kappa shape index (κ3) is 4.46. The van der Waals surface area contributed by atoms with Crippen molar-refractivity contribution in [2.45, 2.75) is 12.6 Å². The molecule has 0 bridgehead atoms. The van der Waals surface area contributed by atoms with E-state index in [1.165, 1.54) is 4.57 Å². The summed E-state index contributed by atoms with van der Waals surface area (Å²) < 4.78 is 6.13. The number of aromatic nitrogens is 2. The molecular weight excluding hydrogens is 302 g/mol. The summed E-state index contributed by atoms with van der Waals surface area (Å²) in [6.45, 7) is 1.55. The Balaban J connectivity index is 2.07. The summed E-state index contributed by atoms with van der Waals surface area (Å²) >= 11 is 1.76. The summed E-state index contributed by atoms with van der Waals surface area (Å²) in [5.41, 5.74) is 0.788. The van der Waals surface area contributed by atoms with Gasteiger partial charge in [0, 0.05) is 24.4 Å². The predicted molar refractivity (Wildman–Crippen MR) is 88.1 cm³/mol. The minimum Gasteiger partial charge on any atom is -0.390 e. The Morgan fingerprint density at radius 3 is 2.82 bits per heavy atom. The van der Waals surface area contributed by atoms with E-state index in [-0.39, 0.29) is 6.54 Å². The molecule has 1 N–H and O–H groups in total. The molecule has 0 fully saturated rings. The van der Waals surface area contributed by atoms with Crippen LogP contribution in [-0.4, -0.2) is 58.0 Å². The van der Waals surface area contributed by atoms with Crippen LogP contribution in [0.3, 0.4) is 0 Å². The number of likely N-dealkylation sites (N-methyl/N-ethyl adjacent to an activating group) is 1. The number of aliphatic hydroxyl groups is 1. The van der Waals surface area contributed by atoms with Crippen molar-refractivity contribution in [3.8, 4) is 11.4 Å². The quantitative estimate of drug-likeness (QED) is 0.786. The Morgan fingerprint density at radius 2 is 2.14 bits per heavy atom. The zero-order valence-corrected chi connectivity index (χ0v) is 13.6. The topological polar surface area (TPSA) is 71.5 Å². The van der Waals surface area contributed by atoms with Crippen LogP contribution in [-0.2, 0) is 6.54 Å². The van der Waals surface area contributed by atoms with Crippen molar-refractivity contribution in [3.63, 3.8) is 0 Å². The molecule has 1 aromatic carbocycles. The van der Waals surface area contributed by atoms with Crippen molar-refractivity contribution in [1.82, 2.24) is 14.6 Å². The molecule has 0 radical (unpaired) electrons. The molecule has 0 aliphatic heterocycles. The van der Waals surface area contributed by atoms with Crippen LogP contribution in [0, 0.1) is 0 Å². The lowest BCUT2D eigenvalue weighted by atomic mass is 10.2. The Bertz CT molecular complexity index is 626. The van der Waals surface area contributed by atoms with Crippen LogP contribution in [0.15, 0.2) is 39.6 Å². The summed E-state index contributed by atoms with van der Waals surface area (Å²) in [4.78, 5) is 13.9. The van der Waals surface area contributed by atoms with E-state index in [9.17, 15) is 9.90 Å². The smallest absolute Gasteiger partial charge is 0.390 e. The summed E-state index contributed by atoms with van der Waals surface area (Å²) in [6, 6.07) is 9.33. The van der Waals surface area contributed by atoms with E-state index in [1.807, 2.05) is 48.5 Å². The molecule has 6 nitrogen and oxygen atoms in total. The number of benzene rings is 1. The number of nitrogens with zero attached hydrogens (tertiary/aromatic N) is 3. The molecule has 2 aromatic rings. The fourth-order valence-electron chi connectivity index (χ4n) is 2.19. The first-order valence-electron chi connectivity index (χ1n) is 7.09. The van der Waals surface area contributed by atoms with Gasteiger partial charge in [0.2, 0.25) is 0 Å². The SMILES string of the molecule is CSCCN(C)CC(O)Cn1c(-c2ccccc2)noc1=O. The maximum atomic E-state index is 11.8. The minimum absolute atomic E-state index is 0.163. The molecule has 7 heteroatoms. The van der Waals surface area contributed by atoms with Crippen molar-refractivity contribution < 1.29 is 9.63 Å². The van der Waals surface area contributed by atoms with Gasteiger partial charge in [-0.3, -0.25) is 9.09 Å². The van der Waals surface area contributed by atoms with Gasteiger partial charge in [0.05, 0.1) is 12.6 Å². The van der Waals surface area contributed by atoms with Crippen molar-refractivity contribution >= 4 is 11.8 Å². The number of hydrogen-bond donors (Lipinski definition) is 1. The van der Waals surface area contributed by atoms with Crippen LogP contribution in [0.5, 0.6) is 0 Å². The van der Waals surface area contributed by atoms with E-state index in [0.717, 1.165) is 17.9 Å². The molecule has 0 amide bonds. The van der Waals surface area contributed by atoms with E-state index in [2.05, 4.69) is 5.16 Å². The molecule has 22 heavy (non-hydrogen) atoms. The number of aliphatic hydroxyl groups excluding tert-OH is 1. The number of hydrogen-bond acceptors (Lipinski definition) is 6. The fraction of sp³-hybridized carbons (Fsp3) is 0.467. The van der Waals surface area contributed by atoms with Gasteiger partial charge in [0.25, 0.3) is 0 Å². The Hall–Kier alpha value is -1.57. The number of rotatable bonds is 8. The molecule has 1 heterocycles. The van der Waals surface area contributed by atoms with E-state index < -0.39 is 11.9 Å². The highest BCUT2D eigenvalue weighted by molar-refractivity contribution is 7.98. The molecule has 1 unspecified atom stereocenters. The van der Waals surface area contributed by atoms with Crippen LogP contribution in [0.2, 0.25) is 0 Å². The lowest BCUT2D eigenvalue weighted by Gasteiger charge is -2.20. The third-order valence-electron chi connectivity index (χ3n) is 3.31. The highest BCUT2D eigenvalue weighted by Crippen LogP contribution is 2.15. The van der Waals surface area contributed by atoms with E-state index in [1.54, 1.807) is 11.8 Å². The second kappa shape index (κ2) is 8.17. The van der Waals surface area contributed by atoms with Crippen LogP contribution in [0.1, 0.15) is 0 Å². The van der Waals surface area contributed by atoms with Crippen LogP contribution < -0.4 is 5.76 Å². The Kier molecular flexibility index (Phi) is 6.23. The molecule has 0 aliphatic carbocycles. The molecule has 0 aliphatic rings. The molecule has 2 rings (SSSR count). The van der Waals surface area contributed by atoms with Gasteiger partial charge in [0.15, 0.2) is 5.82 Å². The standard InChI is InChI=1S/C15H21N3O3S/c1-17(8-9-22-2)10-13(19)11-18-14(16-21-15(18)20)12-6-4-3-5-7-12/h3-7,13,19H,8-11H2,1-2H3. The molecule has 0 spiro atoms. The lowest BCUT2D eigenvalue weighted by molar-refractivity contribution is 0.111. The fourth-order valence-corrected chi connectivity index (χ4v) is 2.68. The molecule has 1 atom stereocenters. The summed E-state index contributed by atoms with van der Waals surface area (Å²) in [6.07, 6.45) is 1.39. The predicted octanol–water partition coefficient (Wildman–Crippen LogP) is 1.16. The first-order chi connectivity index (χ1) is 10.6. The van der Waals surface area contributed by atoms with Gasteiger partial charge in [0.1, 0.15) is 0 Å². The second-order valence-electron chi connectivity index (χ2n) is 5.16. The van der Waals surface area contributed by atoms with Crippen LogP contribution >= 0.6 is 11.8 Å². The highest BCUT2D eigenvalue weighted by atomic mass is 32.2. The van der Waals surface area contributed by atoms with Gasteiger partial charge in [-0.2, -0.15) is 11.8 Å². The first-order valence-corrected chi connectivity index (χ1v) is 8.48. The summed E-state index contributed by atoms with van der Waals surface area (Å²) in [5.74, 6) is 0.896. The van der Waals surface area contributed by atoms with Gasteiger partial charge in [-0.05, 0) is 13.3 Å². The molecule has 0 saturated carbocycles. The summed E-state index contributed by atoms with van der Waals surface area (Å²) in [5, 5.41) is 14.0. The zero-order valence-electron chi connectivity index (χ0n) is 12.8. The molecule has 1 aromatic heterocycles. The van der Waals surface area contributed by atoms with Crippen LogP contribution in [0.4, 0.5) is 0 Å². The van der Waals surface area contributed by atoms with Crippen LogP contribution in [0.25, 0.3) is 11.4 Å². The Labute approximate surface area is 133 Å². The highest BCUT2D eigenvalue weighted by Gasteiger charge is 2.17. The summed E-state index contributed by atoms with van der Waals surface area (Å²) in [7, 11) is 1.95. The van der Waals surface area contributed by atoms with Gasteiger partial charge in [-0.1, -0.05) is 35.5 Å². The van der Waals surface area contributed by atoms with E-state index >= 15 is 0 Å². The normalized spacial score (nSPS) is 12.7. The van der Waals surface area contributed by atoms with Gasteiger partial charge in [-0.25, -0.2) is 4.79 Å². The first kappa shape index (κ1) is 16.8. The van der Waals surface area contributed by atoms with Crippen molar-refractivity contribution in [3.05, 3.63) is 40.9 Å². The maximum Gasteiger partial charge on any atom is 0.441 e. The second-order valence-corrected chi connectivity index (χ2v) is 6.14. The largest absolute Gasteiger partial charge is 0.441 e. The van der Waals surface area contributed by atoms with Gasteiger partial charge < -0.3 is 10.0 Å². The minimum atomic E-state index is -0.661. The molecule has 120 valence electrons. The van der Waals surface area contributed by atoms with Crippen molar-refractivity contribution in [2.24, 2.45) is 0 Å². The number of thioether (sulfide) groups is 1. The zero-order chi connectivity index (χ0) is 15.9. The van der Waals surface area contributed by atoms with E-state index in [0.29, 0.717) is 12.4 Å².